The molecule has 0 fully saturated rings. The normalized spacial score (nSPS) is 11.6. The first-order valence-corrected chi connectivity index (χ1v) is 15.4. The van der Waals surface area contributed by atoms with Crippen LogP contribution in [0.3, 0.4) is 0 Å². The number of aromatic amines is 1. The highest BCUT2D eigenvalue weighted by atomic mass is 19.4. The van der Waals surface area contributed by atoms with Gasteiger partial charge in [-0.15, -0.1) is 0 Å². The summed E-state index contributed by atoms with van der Waals surface area (Å²) in [7, 11) is 1.57. The first-order chi connectivity index (χ1) is 25.1. The van der Waals surface area contributed by atoms with Crippen LogP contribution in [-0.2, 0) is 9.59 Å². The summed E-state index contributed by atoms with van der Waals surface area (Å²) in [5, 5.41) is 27.9. The van der Waals surface area contributed by atoms with Crippen LogP contribution in [0.5, 0.6) is 11.5 Å². The lowest BCUT2D eigenvalue weighted by atomic mass is 10.0. The summed E-state index contributed by atoms with van der Waals surface area (Å²) in [5.41, 5.74) is 8.89. The van der Waals surface area contributed by atoms with Gasteiger partial charge in [-0.05, 0) is 63.2 Å². The second-order valence-electron chi connectivity index (χ2n) is 10.9. The van der Waals surface area contributed by atoms with Crippen LogP contribution in [0.25, 0.3) is 11.3 Å². The van der Waals surface area contributed by atoms with E-state index in [9.17, 15) is 31.1 Å². The monoisotopic (exact) mass is 772 g/mol. The van der Waals surface area contributed by atoms with Crippen molar-refractivity contribution in [3.05, 3.63) is 95.2 Å². The Kier molecular flexibility index (Phi) is 15.4. The van der Waals surface area contributed by atoms with Crippen molar-refractivity contribution in [2.45, 2.75) is 45.3 Å². The van der Waals surface area contributed by atoms with E-state index in [4.69, 9.17) is 45.4 Å². The first kappa shape index (κ1) is 43.8. The molecule has 0 spiro atoms. The standard InChI is InChI=1S/C30H33FN6O3.2C2HF3O2/c1-5-39-22-14-23(26(31)25(15-22)40-17(2)3)27(36-21-11-9-18(10-12-21)28(32)33)29-35-16-24(37-29)19-7-6-8-20(13-19)30(38)34-4;2*3-2(4,5)1(6)7/h6-17,27,36H,5H2,1-4H3,(H3,32,33)(H,34,38)(H,35,37);2*(H,6,7). The maximum Gasteiger partial charge on any atom is 0.490 e. The number of carbonyl (C=O) groups is 3. The van der Waals surface area contributed by atoms with Crippen molar-refractivity contribution in [2.75, 3.05) is 19.0 Å². The van der Waals surface area contributed by atoms with E-state index in [1.165, 1.54) is 0 Å². The number of aromatic nitrogens is 2. The number of rotatable bonds is 11. The maximum atomic E-state index is 16.0. The number of nitrogens with zero attached hydrogens (tertiary/aromatic N) is 1. The quantitative estimate of drug-likeness (QED) is 0.0499. The second-order valence-corrected chi connectivity index (χ2v) is 10.9. The largest absolute Gasteiger partial charge is 0.494 e. The van der Waals surface area contributed by atoms with E-state index in [2.05, 4.69) is 15.6 Å². The molecule has 1 amide bonds. The molecule has 292 valence electrons. The molecule has 1 heterocycles. The number of alkyl halides is 6. The molecule has 4 rings (SSSR count). The topological polar surface area (TPSA) is 213 Å². The molecule has 4 aromatic rings. The molecule has 0 bridgehead atoms. The third-order valence-corrected chi connectivity index (χ3v) is 6.54. The molecule has 0 radical (unpaired) electrons. The van der Waals surface area contributed by atoms with E-state index in [0.717, 1.165) is 5.56 Å². The number of carboxylic acid groups (broad SMARTS) is 2. The van der Waals surface area contributed by atoms with Crippen LogP contribution in [0, 0.1) is 11.2 Å². The molecule has 8 N–H and O–H groups in total. The van der Waals surface area contributed by atoms with E-state index < -0.39 is 36.2 Å². The second kappa shape index (κ2) is 18.9. The molecule has 1 aromatic heterocycles. The van der Waals surface area contributed by atoms with Gasteiger partial charge in [0, 0.05) is 47.3 Å². The number of nitrogens with two attached hydrogens (primary N) is 1. The smallest absolute Gasteiger partial charge is 0.490 e. The average Bonchev–Trinajstić information content (AvgIpc) is 3.58. The number of aliphatic carboxylic acids is 2. The fraction of sp³-hybridized carbons (Fsp3) is 0.265. The summed E-state index contributed by atoms with van der Waals surface area (Å²) in [5.74, 6) is -5.37. The predicted molar refractivity (Wildman–Crippen MR) is 181 cm³/mol. The van der Waals surface area contributed by atoms with Gasteiger partial charge < -0.3 is 41.0 Å². The van der Waals surface area contributed by atoms with Crippen LogP contribution in [0.4, 0.5) is 36.4 Å². The van der Waals surface area contributed by atoms with E-state index in [1.54, 1.807) is 67.8 Å². The molecule has 0 saturated carbocycles. The Hall–Kier alpha value is -6.34. The highest BCUT2D eigenvalue weighted by molar-refractivity contribution is 5.95. The molecular formula is C34H35F7N6O7. The number of hydrogen-bond acceptors (Lipinski definition) is 8. The van der Waals surface area contributed by atoms with Crippen LogP contribution in [-0.4, -0.2) is 76.0 Å². The molecule has 54 heavy (non-hydrogen) atoms. The molecule has 0 aliphatic rings. The zero-order valence-electron chi connectivity index (χ0n) is 28.8. The number of nitrogens with one attached hydrogen (secondary N) is 4. The van der Waals surface area contributed by atoms with Crippen molar-refractivity contribution in [2.24, 2.45) is 5.73 Å². The number of amides is 1. The lowest BCUT2D eigenvalue weighted by Gasteiger charge is -2.22. The van der Waals surface area contributed by atoms with Gasteiger partial charge in [-0.1, -0.05) is 12.1 Å². The highest BCUT2D eigenvalue weighted by Crippen LogP contribution is 2.36. The minimum atomic E-state index is -5.08. The van der Waals surface area contributed by atoms with Gasteiger partial charge >= 0.3 is 24.3 Å². The van der Waals surface area contributed by atoms with Crippen LogP contribution < -0.4 is 25.8 Å². The number of ether oxygens (including phenoxy) is 2. The van der Waals surface area contributed by atoms with Crippen LogP contribution in [0.15, 0.2) is 66.9 Å². The van der Waals surface area contributed by atoms with Crippen LogP contribution in [0.2, 0.25) is 0 Å². The minimum Gasteiger partial charge on any atom is -0.494 e. The molecule has 0 saturated heterocycles. The van der Waals surface area contributed by atoms with Crippen molar-refractivity contribution in [1.29, 1.82) is 5.41 Å². The van der Waals surface area contributed by atoms with Crippen molar-refractivity contribution in [1.82, 2.24) is 15.3 Å². The van der Waals surface area contributed by atoms with Crippen molar-refractivity contribution < 1.29 is 64.8 Å². The van der Waals surface area contributed by atoms with Crippen LogP contribution in [0.1, 0.15) is 54.1 Å². The summed E-state index contributed by atoms with van der Waals surface area (Å²) in [4.78, 5) is 37.9. The van der Waals surface area contributed by atoms with E-state index >= 15 is 4.39 Å². The van der Waals surface area contributed by atoms with Gasteiger partial charge in [0.05, 0.1) is 18.4 Å². The molecule has 20 heteroatoms. The third kappa shape index (κ3) is 13.0. The molecule has 3 aromatic carbocycles. The Bertz CT molecular complexity index is 1890. The number of benzene rings is 3. The molecule has 1 unspecified atom stereocenters. The van der Waals surface area contributed by atoms with Crippen molar-refractivity contribution in [3.8, 4) is 22.8 Å². The number of hydrogen-bond donors (Lipinski definition) is 7. The number of imidazole rings is 1. The summed E-state index contributed by atoms with van der Waals surface area (Å²) in [6, 6.07) is 16.4. The summed E-state index contributed by atoms with van der Waals surface area (Å²) in [6.45, 7) is 5.89. The van der Waals surface area contributed by atoms with Gasteiger partial charge in [0.25, 0.3) is 5.91 Å². The Balaban J connectivity index is 0.000000610. The zero-order chi connectivity index (χ0) is 41.0. The van der Waals surface area contributed by atoms with Crippen molar-refractivity contribution >= 4 is 29.4 Å². The number of carbonyl (C=O) groups excluding carboxylic acids is 1. The van der Waals surface area contributed by atoms with Gasteiger partial charge in [-0.2, -0.15) is 26.3 Å². The SMILES string of the molecule is CCOc1cc(OC(C)C)c(F)c(C(Nc2ccc(C(=N)N)cc2)c2nc(-c3cccc(C(=O)NC)c3)c[nH]2)c1.O=C(O)C(F)(F)F.O=C(O)C(F)(F)F. The number of anilines is 1. The molecule has 0 aliphatic heterocycles. The number of nitrogen functional groups attached to an aromatic ring is 1. The number of H-pyrrole nitrogens is 1. The van der Waals surface area contributed by atoms with E-state index in [0.29, 0.717) is 40.7 Å². The van der Waals surface area contributed by atoms with E-state index in [1.807, 2.05) is 26.8 Å². The first-order valence-electron chi connectivity index (χ1n) is 15.4. The van der Waals surface area contributed by atoms with Gasteiger partial charge in [-0.3, -0.25) is 10.2 Å². The third-order valence-electron chi connectivity index (χ3n) is 6.54. The Morgan fingerprint density at radius 1 is 0.944 bits per heavy atom. The van der Waals surface area contributed by atoms with Gasteiger partial charge in [0.1, 0.15) is 23.5 Å². The number of carboxylic acids is 2. The van der Waals surface area contributed by atoms with E-state index in [-0.39, 0.29) is 29.2 Å². The van der Waals surface area contributed by atoms with Gasteiger partial charge in [0.2, 0.25) is 0 Å². The van der Waals surface area contributed by atoms with Crippen molar-refractivity contribution in [3.63, 3.8) is 0 Å². The fourth-order valence-corrected chi connectivity index (χ4v) is 4.20. The van der Waals surface area contributed by atoms with Gasteiger partial charge in [0.15, 0.2) is 11.6 Å². The number of halogens is 7. The minimum absolute atomic E-state index is 0.0521. The lowest BCUT2D eigenvalue weighted by molar-refractivity contribution is -0.193. The average molecular weight is 773 g/mol. The molecule has 0 aliphatic carbocycles. The Labute approximate surface area is 302 Å². The highest BCUT2D eigenvalue weighted by Gasteiger charge is 2.39. The summed E-state index contributed by atoms with van der Waals surface area (Å²) >= 11 is 0. The summed E-state index contributed by atoms with van der Waals surface area (Å²) < 4.78 is 91.0. The molecular weight excluding hydrogens is 737 g/mol. The summed E-state index contributed by atoms with van der Waals surface area (Å²) in [6.07, 6.45) is -8.71. The number of amidine groups is 1. The predicted octanol–water partition coefficient (Wildman–Crippen LogP) is 6.51. The molecule has 1 atom stereocenters. The Morgan fingerprint density at radius 3 is 2.00 bits per heavy atom. The fourth-order valence-electron chi connectivity index (χ4n) is 4.20. The van der Waals surface area contributed by atoms with Crippen LogP contribution >= 0.6 is 0 Å². The zero-order valence-corrected chi connectivity index (χ0v) is 28.8. The lowest BCUT2D eigenvalue weighted by Crippen LogP contribution is -2.21. The maximum absolute atomic E-state index is 16.0. The van der Waals surface area contributed by atoms with Gasteiger partial charge in [-0.25, -0.2) is 19.0 Å². The molecule has 13 nitrogen and oxygen atoms in total. The Morgan fingerprint density at radius 2 is 1.52 bits per heavy atom.